The van der Waals surface area contributed by atoms with Gasteiger partial charge in [0.05, 0.1) is 18.4 Å². The average Bonchev–Trinajstić information content (AvgIpc) is 2.64. The van der Waals surface area contributed by atoms with E-state index in [0.717, 1.165) is 16.9 Å². The lowest BCUT2D eigenvalue weighted by Gasteiger charge is -2.09. The third-order valence-electron chi connectivity index (χ3n) is 4.00. The van der Waals surface area contributed by atoms with Gasteiger partial charge in [0.25, 0.3) is 5.91 Å². The van der Waals surface area contributed by atoms with Crippen LogP contribution in [0.4, 0.5) is 5.69 Å². The smallest absolute Gasteiger partial charge is 0.259 e. The minimum atomic E-state index is -0.274. The van der Waals surface area contributed by atoms with E-state index in [1.807, 2.05) is 37.3 Å². The number of carbonyl (C=O) groups excluding carboxylic acids is 1. The summed E-state index contributed by atoms with van der Waals surface area (Å²) in [7, 11) is 1.62. The highest BCUT2D eigenvalue weighted by Crippen LogP contribution is 2.22. The zero-order valence-electron chi connectivity index (χ0n) is 14.7. The summed E-state index contributed by atoms with van der Waals surface area (Å²) in [5.74, 6) is 1.04. The average molecular weight is 368 g/mol. The number of aromatic nitrogens is 2. The Hall–Kier alpha value is -2.92. The first-order valence-corrected chi connectivity index (χ1v) is 8.41. The van der Waals surface area contributed by atoms with E-state index in [1.54, 1.807) is 26.2 Å². The molecule has 0 saturated heterocycles. The number of anilines is 1. The quantitative estimate of drug-likeness (QED) is 0.727. The molecule has 0 saturated carbocycles. The van der Waals surface area contributed by atoms with Crippen LogP contribution in [0.3, 0.4) is 0 Å². The molecule has 0 unspecified atom stereocenters. The van der Waals surface area contributed by atoms with Gasteiger partial charge in [0.15, 0.2) is 5.82 Å². The monoisotopic (exact) mass is 367 g/mol. The summed E-state index contributed by atoms with van der Waals surface area (Å²) in [5.41, 5.74) is 3.45. The number of benzene rings is 2. The highest BCUT2D eigenvalue weighted by atomic mass is 35.5. The summed E-state index contributed by atoms with van der Waals surface area (Å²) in [6, 6.07) is 12.8. The van der Waals surface area contributed by atoms with Crippen LogP contribution in [0.1, 0.15) is 21.6 Å². The first-order valence-electron chi connectivity index (χ1n) is 8.03. The number of aryl methyl sites for hydroxylation is 2. The van der Waals surface area contributed by atoms with Gasteiger partial charge in [-0.25, -0.2) is 9.97 Å². The lowest BCUT2D eigenvalue weighted by molar-refractivity contribution is 0.102. The molecule has 6 heteroatoms. The number of hydrogen-bond acceptors (Lipinski definition) is 4. The number of nitrogens with one attached hydrogen (secondary N) is 1. The standard InChI is InChI=1S/C20H18ClN3O2/c1-12-4-7-15(10-18(12)21)24-20(25)17-11-22-19(23-13(17)2)14-5-8-16(26-3)9-6-14/h4-11H,1-3H3,(H,24,25). The molecule has 0 radical (unpaired) electrons. The topological polar surface area (TPSA) is 64.1 Å². The summed E-state index contributed by atoms with van der Waals surface area (Å²) in [6.45, 7) is 3.69. The zero-order valence-corrected chi connectivity index (χ0v) is 15.5. The molecule has 1 heterocycles. The lowest BCUT2D eigenvalue weighted by atomic mass is 10.1. The second kappa shape index (κ2) is 7.54. The molecule has 0 aliphatic carbocycles. The van der Waals surface area contributed by atoms with Crippen molar-refractivity contribution in [2.75, 3.05) is 12.4 Å². The van der Waals surface area contributed by atoms with Crippen molar-refractivity contribution in [2.45, 2.75) is 13.8 Å². The molecule has 2 aromatic carbocycles. The number of rotatable bonds is 4. The highest BCUT2D eigenvalue weighted by Gasteiger charge is 2.13. The number of amides is 1. The van der Waals surface area contributed by atoms with E-state index < -0.39 is 0 Å². The van der Waals surface area contributed by atoms with Crippen molar-refractivity contribution in [3.8, 4) is 17.1 Å². The fourth-order valence-electron chi connectivity index (χ4n) is 2.44. The molecular formula is C20H18ClN3O2. The van der Waals surface area contributed by atoms with Gasteiger partial charge in [-0.3, -0.25) is 4.79 Å². The van der Waals surface area contributed by atoms with E-state index >= 15 is 0 Å². The number of halogens is 1. The SMILES string of the molecule is COc1ccc(-c2ncc(C(=O)Nc3ccc(C)c(Cl)c3)c(C)n2)cc1. The molecule has 0 bridgehead atoms. The molecule has 1 N–H and O–H groups in total. The first kappa shape index (κ1) is 17.9. The van der Waals surface area contributed by atoms with Gasteiger partial charge >= 0.3 is 0 Å². The van der Waals surface area contributed by atoms with Crippen LogP contribution in [0.15, 0.2) is 48.7 Å². The van der Waals surface area contributed by atoms with Gasteiger partial charge in [0, 0.05) is 22.5 Å². The summed E-state index contributed by atoms with van der Waals surface area (Å²) in [4.78, 5) is 21.3. The maximum Gasteiger partial charge on any atom is 0.259 e. The van der Waals surface area contributed by atoms with Gasteiger partial charge in [-0.1, -0.05) is 17.7 Å². The Bertz CT molecular complexity index is 956. The molecule has 1 aromatic heterocycles. The summed E-state index contributed by atoms with van der Waals surface area (Å²) in [6.07, 6.45) is 1.53. The normalized spacial score (nSPS) is 10.5. The number of methoxy groups -OCH3 is 1. The Morgan fingerprint density at radius 3 is 2.46 bits per heavy atom. The van der Waals surface area contributed by atoms with Crippen LogP contribution in [-0.4, -0.2) is 23.0 Å². The van der Waals surface area contributed by atoms with E-state index in [1.165, 1.54) is 6.20 Å². The van der Waals surface area contributed by atoms with Crippen molar-refractivity contribution in [1.29, 1.82) is 0 Å². The van der Waals surface area contributed by atoms with Crippen LogP contribution in [0.25, 0.3) is 11.4 Å². The van der Waals surface area contributed by atoms with Crippen molar-refractivity contribution in [2.24, 2.45) is 0 Å². The number of ether oxygens (including phenoxy) is 1. The van der Waals surface area contributed by atoms with Crippen LogP contribution in [0.2, 0.25) is 5.02 Å². The van der Waals surface area contributed by atoms with E-state index in [4.69, 9.17) is 16.3 Å². The molecule has 0 spiro atoms. The molecule has 0 atom stereocenters. The molecule has 0 aliphatic rings. The Kier molecular flexibility index (Phi) is 5.19. The third-order valence-corrected chi connectivity index (χ3v) is 4.41. The van der Waals surface area contributed by atoms with E-state index in [9.17, 15) is 4.79 Å². The van der Waals surface area contributed by atoms with Crippen LogP contribution >= 0.6 is 11.6 Å². The Morgan fingerprint density at radius 1 is 1.12 bits per heavy atom. The van der Waals surface area contributed by atoms with Crippen LogP contribution in [0, 0.1) is 13.8 Å². The van der Waals surface area contributed by atoms with Crippen molar-refractivity contribution in [3.63, 3.8) is 0 Å². The van der Waals surface area contributed by atoms with Gasteiger partial charge in [-0.15, -0.1) is 0 Å². The van der Waals surface area contributed by atoms with E-state index in [0.29, 0.717) is 27.8 Å². The number of nitrogens with zero attached hydrogens (tertiary/aromatic N) is 2. The third kappa shape index (κ3) is 3.83. The Morgan fingerprint density at radius 2 is 1.85 bits per heavy atom. The molecule has 0 aliphatic heterocycles. The largest absolute Gasteiger partial charge is 0.497 e. The van der Waals surface area contributed by atoms with Crippen LogP contribution in [0.5, 0.6) is 5.75 Å². The first-order chi connectivity index (χ1) is 12.5. The predicted octanol–water partition coefficient (Wildman–Crippen LogP) is 4.67. The Labute approximate surface area is 157 Å². The van der Waals surface area contributed by atoms with Crippen molar-refractivity contribution < 1.29 is 9.53 Å². The van der Waals surface area contributed by atoms with Gasteiger partial charge in [-0.2, -0.15) is 0 Å². The molecule has 26 heavy (non-hydrogen) atoms. The van der Waals surface area contributed by atoms with Crippen LogP contribution in [-0.2, 0) is 0 Å². The maximum atomic E-state index is 12.5. The van der Waals surface area contributed by atoms with Gasteiger partial charge in [0.1, 0.15) is 5.75 Å². The number of carbonyl (C=O) groups is 1. The second-order valence-electron chi connectivity index (χ2n) is 5.84. The van der Waals surface area contributed by atoms with Gasteiger partial charge in [0.2, 0.25) is 0 Å². The minimum absolute atomic E-state index is 0.274. The van der Waals surface area contributed by atoms with Crippen molar-refractivity contribution in [1.82, 2.24) is 9.97 Å². The maximum absolute atomic E-state index is 12.5. The fourth-order valence-corrected chi connectivity index (χ4v) is 2.62. The molecule has 3 rings (SSSR count). The Balaban J connectivity index is 1.81. The summed E-state index contributed by atoms with van der Waals surface area (Å²) in [5, 5.41) is 3.42. The molecule has 5 nitrogen and oxygen atoms in total. The molecule has 3 aromatic rings. The van der Waals surface area contributed by atoms with Crippen LogP contribution < -0.4 is 10.1 Å². The number of hydrogen-bond donors (Lipinski definition) is 1. The van der Waals surface area contributed by atoms with Crippen molar-refractivity contribution in [3.05, 3.63) is 70.5 Å². The summed E-state index contributed by atoms with van der Waals surface area (Å²) >= 11 is 6.10. The van der Waals surface area contributed by atoms with Gasteiger partial charge in [-0.05, 0) is 55.8 Å². The zero-order chi connectivity index (χ0) is 18.7. The molecule has 0 fully saturated rings. The fraction of sp³-hybridized carbons (Fsp3) is 0.150. The lowest BCUT2D eigenvalue weighted by Crippen LogP contribution is -2.15. The second-order valence-corrected chi connectivity index (χ2v) is 6.25. The molecular weight excluding hydrogens is 350 g/mol. The molecule has 1 amide bonds. The highest BCUT2D eigenvalue weighted by molar-refractivity contribution is 6.31. The van der Waals surface area contributed by atoms with E-state index in [-0.39, 0.29) is 5.91 Å². The van der Waals surface area contributed by atoms with E-state index in [2.05, 4.69) is 15.3 Å². The molecule has 132 valence electrons. The summed E-state index contributed by atoms with van der Waals surface area (Å²) < 4.78 is 5.15. The van der Waals surface area contributed by atoms with Gasteiger partial charge < -0.3 is 10.1 Å². The minimum Gasteiger partial charge on any atom is -0.497 e. The van der Waals surface area contributed by atoms with Crippen molar-refractivity contribution >= 4 is 23.2 Å². The predicted molar refractivity (Wildman–Crippen MR) is 103 cm³/mol.